The summed E-state index contributed by atoms with van der Waals surface area (Å²) in [6.07, 6.45) is 6.86. The Labute approximate surface area is 176 Å². The molecule has 0 saturated carbocycles. The standard InChI is InChI=1S/C25H27NO4/c27-25(28)19(12-11-17-7-3-1-4-8-17)15-22(26-29)18-13-14-21-20-9-5-2-6-10-23(20)30-24(21)16-18/h1,3-4,7-8,13-14,16,19,29H,2,5-6,9-12,15H2,(H,27,28)/t19-/m1/s1. The zero-order chi connectivity index (χ0) is 20.9. The summed E-state index contributed by atoms with van der Waals surface area (Å²) in [7, 11) is 0. The molecule has 1 aromatic heterocycles. The van der Waals surface area contributed by atoms with E-state index in [1.54, 1.807) is 0 Å². The average molecular weight is 405 g/mol. The first-order valence-corrected chi connectivity index (χ1v) is 10.7. The van der Waals surface area contributed by atoms with Crippen molar-refractivity contribution in [2.45, 2.75) is 51.4 Å². The lowest BCUT2D eigenvalue weighted by Crippen LogP contribution is -2.19. The third-order valence-electron chi connectivity index (χ3n) is 6.07. The molecule has 0 fully saturated rings. The van der Waals surface area contributed by atoms with Crippen LogP contribution in [0.2, 0.25) is 0 Å². The van der Waals surface area contributed by atoms with Gasteiger partial charge in [0, 0.05) is 29.4 Å². The lowest BCUT2D eigenvalue weighted by atomic mass is 9.91. The van der Waals surface area contributed by atoms with Crippen LogP contribution in [0.15, 0.2) is 58.1 Å². The molecule has 0 spiro atoms. The zero-order valence-electron chi connectivity index (χ0n) is 17.0. The Bertz CT molecular complexity index is 1050. The van der Waals surface area contributed by atoms with Crippen molar-refractivity contribution in [2.75, 3.05) is 0 Å². The van der Waals surface area contributed by atoms with E-state index in [4.69, 9.17) is 4.42 Å². The molecule has 4 rings (SSSR count). The molecule has 1 aliphatic rings. The van der Waals surface area contributed by atoms with Gasteiger partial charge in [-0.3, -0.25) is 4.79 Å². The minimum Gasteiger partial charge on any atom is -0.481 e. The van der Waals surface area contributed by atoms with Crippen molar-refractivity contribution >= 4 is 22.7 Å². The van der Waals surface area contributed by atoms with Crippen molar-refractivity contribution in [3.8, 4) is 0 Å². The SMILES string of the molecule is O=C(O)[C@H](CCc1ccccc1)CC(=NO)c1ccc2c3c(oc2c1)CCCCC3. The molecule has 3 aromatic rings. The van der Waals surface area contributed by atoms with Gasteiger partial charge >= 0.3 is 5.97 Å². The highest BCUT2D eigenvalue weighted by molar-refractivity contribution is 6.04. The van der Waals surface area contributed by atoms with Gasteiger partial charge < -0.3 is 14.7 Å². The van der Waals surface area contributed by atoms with Gasteiger partial charge in [-0.05, 0) is 43.7 Å². The minimum absolute atomic E-state index is 0.171. The van der Waals surface area contributed by atoms with Crippen molar-refractivity contribution in [3.05, 3.63) is 71.0 Å². The second-order valence-electron chi connectivity index (χ2n) is 8.09. The van der Waals surface area contributed by atoms with E-state index in [0.29, 0.717) is 24.1 Å². The largest absolute Gasteiger partial charge is 0.481 e. The number of hydrogen-bond acceptors (Lipinski definition) is 4. The molecule has 2 N–H and O–H groups in total. The van der Waals surface area contributed by atoms with Gasteiger partial charge in [0.2, 0.25) is 0 Å². The van der Waals surface area contributed by atoms with Crippen molar-refractivity contribution < 1.29 is 19.5 Å². The van der Waals surface area contributed by atoms with E-state index in [1.165, 1.54) is 18.4 Å². The number of fused-ring (bicyclic) bond motifs is 3. The van der Waals surface area contributed by atoms with Gasteiger partial charge in [-0.2, -0.15) is 0 Å². The fourth-order valence-corrected chi connectivity index (χ4v) is 4.37. The van der Waals surface area contributed by atoms with Crippen LogP contribution in [-0.4, -0.2) is 22.0 Å². The van der Waals surface area contributed by atoms with Gasteiger partial charge in [-0.15, -0.1) is 0 Å². The highest BCUT2D eigenvalue weighted by atomic mass is 16.4. The molecule has 2 aromatic carbocycles. The number of aliphatic carboxylic acids is 1. The van der Waals surface area contributed by atoms with Crippen molar-refractivity contribution in [1.82, 2.24) is 0 Å². The topological polar surface area (TPSA) is 83.0 Å². The number of rotatable bonds is 7. The van der Waals surface area contributed by atoms with Crippen molar-refractivity contribution in [1.29, 1.82) is 0 Å². The fraction of sp³-hybridized carbons (Fsp3) is 0.360. The van der Waals surface area contributed by atoms with Crippen LogP contribution < -0.4 is 0 Å². The number of furan rings is 1. The van der Waals surface area contributed by atoms with Crippen molar-refractivity contribution in [2.24, 2.45) is 11.1 Å². The molecule has 156 valence electrons. The summed E-state index contributed by atoms with van der Waals surface area (Å²) in [5, 5.41) is 23.9. The number of carboxylic acids is 1. The van der Waals surface area contributed by atoms with Crippen LogP contribution in [0.3, 0.4) is 0 Å². The van der Waals surface area contributed by atoms with Gasteiger partial charge in [-0.1, -0.05) is 54.0 Å². The minimum atomic E-state index is -0.877. The van der Waals surface area contributed by atoms with Crippen LogP contribution in [0.1, 0.15) is 54.6 Å². The first-order valence-electron chi connectivity index (χ1n) is 10.7. The molecule has 0 aliphatic heterocycles. The highest BCUT2D eigenvalue weighted by Gasteiger charge is 2.23. The van der Waals surface area contributed by atoms with Gasteiger partial charge in [0.15, 0.2) is 0 Å². The third-order valence-corrected chi connectivity index (χ3v) is 6.07. The maximum Gasteiger partial charge on any atom is 0.306 e. The van der Waals surface area contributed by atoms with Crippen LogP contribution in [-0.2, 0) is 24.1 Å². The summed E-state index contributed by atoms with van der Waals surface area (Å²) in [5.74, 6) is -0.439. The van der Waals surface area contributed by atoms with E-state index in [-0.39, 0.29) is 6.42 Å². The molecule has 0 saturated heterocycles. The molecule has 0 unspecified atom stereocenters. The predicted molar refractivity (Wildman–Crippen MR) is 116 cm³/mol. The maximum absolute atomic E-state index is 11.8. The van der Waals surface area contributed by atoms with Crippen molar-refractivity contribution in [3.63, 3.8) is 0 Å². The number of carbonyl (C=O) groups is 1. The Hall–Kier alpha value is -3.08. The number of oxime groups is 1. The fourth-order valence-electron chi connectivity index (χ4n) is 4.37. The molecule has 1 heterocycles. The first kappa shape index (κ1) is 20.2. The normalized spacial score (nSPS) is 15.5. The molecule has 0 radical (unpaired) electrons. The number of nitrogens with zero attached hydrogens (tertiary/aromatic N) is 1. The maximum atomic E-state index is 11.8. The lowest BCUT2D eigenvalue weighted by Gasteiger charge is -2.13. The third kappa shape index (κ3) is 4.40. The second-order valence-corrected chi connectivity index (χ2v) is 8.09. The van der Waals surface area contributed by atoms with E-state index >= 15 is 0 Å². The summed E-state index contributed by atoms with van der Waals surface area (Å²) in [6.45, 7) is 0. The van der Waals surface area contributed by atoms with Gasteiger partial charge in [0.25, 0.3) is 0 Å². The quantitative estimate of drug-likeness (QED) is 0.232. The Kier molecular flexibility index (Phi) is 6.17. The summed E-state index contributed by atoms with van der Waals surface area (Å²) >= 11 is 0. The van der Waals surface area contributed by atoms with Crippen LogP contribution in [0, 0.1) is 5.92 Å². The van der Waals surface area contributed by atoms with Crippen LogP contribution >= 0.6 is 0 Å². The van der Waals surface area contributed by atoms with E-state index < -0.39 is 11.9 Å². The zero-order valence-corrected chi connectivity index (χ0v) is 17.0. The lowest BCUT2D eigenvalue weighted by molar-refractivity contribution is -0.141. The predicted octanol–water partition coefficient (Wildman–Crippen LogP) is 5.60. The summed E-state index contributed by atoms with van der Waals surface area (Å²) in [6, 6.07) is 15.6. The molecule has 0 amide bonds. The number of hydrogen-bond donors (Lipinski definition) is 2. The smallest absolute Gasteiger partial charge is 0.306 e. The van der Waals surface area contributed by atoms with Crippen LogP contribution in [0.25, 0.3) is 11.0 Å². The first-order chi connectivity index (χ1) is 14.7. The Balaban J connectivity index is 1.53. The van der Waals surface area contributed by atoms with Crippen LogP contribution in [0.4, 0.5) is 0 Å². The van der Waals surface area contributed by atoms with Crippen LogP contribution in [0.5, 0.6) is 0 Å². The molecule has 0 bridgehead atoms. The summed E-state index contributed by atoms with van der Waals surface area (Å²) in [4.78, 5) is 11.8. The van der Waals surface area contributed by atoms with E-state index in [0.717, 1.165) is 41.6 Å². The molecule has 5 nitrogen and oxygen atoms in total. The molecule has 5 heteroatoms. The molecule has 1 aliphatic carbocycles. The Morgan fingerprint density at radius 3 is 2.63 bits per heavy atom. The van der Waals surface area contributed by atoms with Gasteiger partial charge in [-0.25, -0.2) is 0 Å². The summed E-state index contributed by atoms with van der Waals surface area (Å²) in [5.41, 5.74) is 4.27. The van der Waals surface area contributed by atoms with E-state index in [2.05, 4.69) is 5.16 Å². The van der Waals surface area contributed by atoms with Gasteiger partial charge in [0.05, 0.1) is 11.6 Å². The molecule has 30 heavy (non-hydrogen) atoms. The highest BCUT2D eigenvalue weighted by Crippen LogP contribution is 2.32. The van der Waals surface area contributed by atoms with E-state index in [1.807, 2.05) is 48.5 Å². The molecule has 1 atom stereocenters. The van der Waals surface area contributed by atoms with E-state index in [9.17, 15) is 15.1 Å². The number of carboxylic acid groups (broad SMARTS) is 1. The van der Waals surface area contributed by atoms with Gasteiger partial charge in [0.1, 0.15) is 11.3 Å². The molecular weight excluding hydrogens is 378 g/mol. The number of benzene rings is 2. The molecular formula is C25H27NO4. The Morgan fingerprint density at radius 1 is 1.07 bits per heavy atom. The number of aryl methyl sites for hydroxylation is 3. The monoisotopic (exact) mass is 405 g/mol. The summed E-state index contributed by atoms with van der Waals surface area (Å²) < 4.78 is 6.11. The Morgan fingerprint density at radius 2 is 1.87 bits per heavy atom. The average Bonchev–Trinajstić information content (AvgIpc) is 2.94. The second kappa shape index (κ2) is 9.16.